The van der Waals surface area contributed by atoms with E-state index in [2.05, 4.69) is 5.32 Å². The molecule has 0 bridgehead atoms. The average Bonchev–Trinajstić information content (AvgIpc) is 2.02. The minimum Gasteiger partial charge on any atom is -0.311 e. The van der Waals surface area contributed by atoms with Crippen LogP contribution in [0.3, 0.4) is 0 Å². The van der Waals surface area contributed by atoms with Crippen molar-refractivity contribution in [3.8, 4) is 0 Å². The lowest BCUT2D eigenvalue weighted by molar-refractivity contribution is 0.0220. The van der Waals surface area contributed by atoms with E-state index < -0.39 is 0 Å². The summed E-state index contributed by atoms with van der Waals surface area (Å²) in [6, 6.07) is 1.95. The molecule has 0 aromatic heterocycles. The summed E-state index contributed by atoms with van der Waals surface area (Å²) in [6.07, 6.45) is 4.51. The van der Waals surface area contributed by atoms with Crippen LogP contribution in [0.4, 0.5) is 0 Å². The molecule has 3 aliphatic rings. The third kappa shape index (κ3) is 0.235. The molecule has 1 N–H and O–H groups in total. The summed E-state index contributed by atoms with van der Waals surface area (Å²) >= 11 is 0. The van der Waals surface area contributed by atoms with Crippen molar-refractivity contribution in [2.24, 2.45) is 11.8 Å². The zero-order valence-corrected chi connectivity index (χ0v) is 4.93. The highest BCUT2D eigenvalue weighted by Gasteiger charge is 2.56. The fourth-order valence-corrected chi connectivity index (χ4v) is 2.81. The van der Waals surface area contributed by atoms with Gasteiger partial charge in [-0.1, -0.05) is 0 Å². The summed E-state index contributed by atoms with van der Waals surface area (Å²) in [5, 5.41) is 3.57. The molecule has 0 aromatic carbocycles. The van der Waals surface area contributed by atoms with Gasteiger partial charge in [0, 0.05) is 12.1 Å². The van der Waals surface area contributed by atoms with E-state index >= 15 is 0 Å². The van der Waals surface area contributed by atoms with Gasteiger partial charge in [0.25, 0.3) is 0 Å². The molecule has 1 nitrogen and oxygen atoms in total. The van der Waals surface area contributed by atoms with Crippen molar-refractivity contribution in [2.75, 3.05) is 0 Å². The molecule has 1 saturated heterocycles. The summed E-state index contributed by atoms with van der Waals surface area (Å²) < 4.78 is 0. The maximum atomic E-state index is 3.57. The standard InChI is InChI=1S/C7H11N/c1-2-5-7-4(1)3-6(7)8-5/h4-8H,1-3H2/t4-,5?,6?,7?/m1/s1. The highest BCUT2D eigenvalue weighted by molar-refractivity contribution is 5.13. The highest BCUT2D eigenvalue weighted by atomic mass is 15.1. The average molecular weight is 109 g/mol. The number of hydrogen-bond acceptors (Lipinski definition) is 1. The summed E-state index contributed by atoms with van der Waals surface area (Å²) in [5.41, 5.74) is 0. The molecule has 3 fully saturated rings. The second-order valence-corrected chi connectivity index (χ2v) is 3.53. The van der Waals surface area contributed by atoms with Crippen LogP contribution in [-0.2, 0) is 0 Å². The quantitative estimate of drug-likeness (QED) is 0.484. The van der Waals surface area contributed by atoms with Crippen molar-refractivity contribution in [2.45, 2.75) is 31.3 Å². The highest BCUT2D eigenvalue weighted by Crippen LogP contribution is 2.53. The van der Waals surface area contributed by atoms with E-state index in [1.807, 2.05) is 0 Å². The zero-order valence-electron chi connectivity index (χ0n) is 4.93. The smallest absolute Gasteiger partial charge is 0.0118 e. The lowest BCUT2D eigenvalue weighted by Crippen LogP contribution is -2.67. The third-order valence-electron chi connectivity index (χ3n) is 3.31. The lowest BCUT2D eigenvalue weighted by Gasteiger charge is -2.54. The molecule has 1 heteroatoms. The van der Waals surface area contributed by atoms with Gasteiger partial charge in [0.05, 0.1) is 0 Å². The Morgan fingerprint density at radius 3 is 2.75 bits per heavy atom. The van der Waals surface area contributed by atoms with Crippen molar-refractivity contribution in [1.82, 2.24) is 5.32 Å². The van der Waals surface area contributed by atoms with Crippen LogP contribution < -0.4 is 5.32 Å². The lowest BCUT2D eigenvalue weighted by atomic mass is 9.65. The van der Waals surface area contributed by atoms with Gasteiger partial charge in [-0.2, -0.15) is 0 Å². The van der Waals surface area contributed by atoms with Crippen molar-refractivity contribution in [3.05, 3.63) is 0 Å². The number of nitrogens with one attached hydrogen (secondary N) is 1. The third-order valence-corrected chi connectivity index (χ3v) is 3.31. The molecule has 0 amide bonds. The van der Waals surface area contributed by atoms with E-state index in [9.17, 15) is 0 Å². The molecule has 44 valence electrons. The van der Waals surface area contributed by atoms with E-state index in [1.165, 1.54) is 19.3 Å². The molecule has 0 radical (unpaired) electrons. The second kappa shape index (κ2) is 0.971. The molecule has 3 unspecified atom stereocenters. The first-order valence-electron chi connectivity index (χ1n) is 3.71. The number of hydrogen-bond donors (Lipinski definition) is 1. The van der Waals surface area contributed by atoms with Crippen LogP contribution in [0.15, 0.2) is 0 Å². The fraction of sp³-hybridized carbons (Fsp3) is 1.00. The van der Waals surface area contributed by atoms with Gasteiger partial charge in [0.2, 0.25) is 0 Å². The van der Waals surface area contributed by atoms with Crippen molar-refractivity contribution in [1.29, 1.82) is 0 Å². The molecular weight excluding hydrogens is 98.1 g/mol. The molecule has 2 saturated carbocycles. The van der Waals surface area contributed by atoms with Crippen LogP contribution in [-0.4, -0.2) is 12.1 Å². The predicted octanol–water partition coefficient (Wildman–Crippen LogP) is 0.757. The topological polar surface area (TPSA) is 12.0 Å². The maximum Gasteiger partial charge on any atom is 0.0118 e. The Balaban J connectivity index is 1.96. The summed E-state index contributed by atoms with van der Waals surface area (Å²) in [6.45, 7) is 0. The normalized spacial score (nSPS) is 66.0. The van der Waals surface area contributed by atoms with Crippen LogP contribution in [0.2, 0.25) is 0 Å². The molecule has 0 spiro atoms. The van der Waals surface area contributed by atoms with Crippen molar-refractivity contribution < 1.29 is 0 Å². The van der Waals surface area contributed by atoms with Crippen LogP contribution in [0.25, 0.3) is 0 Å². The van der Waals surface area contributed by atoms with E-state index in [0.29, 0.717) is 0 Å². The first kappa shape index (κ1) is 3.89. The van der Waals surface area contributed by atoms with Gasteiger partial charge >= 0.3 is 0 Å². The van der Waals surface area contributed by atoms with Crippen molar-refractivity contribution >= 4 is 0 Å². The molecule has 3 rings (SSSR count). The first-order chi connectivity index (χ1) is 3.95. The Kier molecular flexibility index (Phi) is 0.472. The Morgan fingerprint density at radius 1 is 1.12 bits per heavy atom. The molecule has 2 aliphatic carbocycles. The van der Waals surface area contributed by atoms with Gasteiger partial charge < -0.3 is 5.32 Å². The van der Waals surface area contributed by atoms with Gasteiger partial charge in [0.15, 0.2) is 0 Å². The molecular formula is C7H11N. The van der Waals surface area contributed by atoms with Gasteiger partial charge in [-0.05, 0) is 31.1 Å². The van der Waals surface area contributed by atoms with E-state index in [1.54, 1.807) is 0 Å². The minimum absolute atomic E-state index is 0.971. The molecule has 8 heavy (non-hydrogen) atoms. The predicted molar refractivity (Wildman–Crippen MR) is 31.5 cm³/mol. The Morgan fingerprint density at radius 2 is 2.12 bits per heavy atom. The van der Waals surface area contributed by atoms with E-state index in [0.717, 1.165) is 23.9 Å². The first-order valence-corrected chi connectivity index (χ1v) is 3.71. The number of rotatable bonds is 0. The largest absolute Gasteiger partial charge is 0.311 e. The SMILES string of the molecule is C1C[C@@H]2CC3NC1C32. The van der Waals surface area contributed by atoms with Crippen LogP contribution in [0.5, 0.6) is 0 Å². The Labute approximate surface area is 49.5 Å². The van der Waals surface area contributed by atoms with E-state index in [-0.39, 0.29) is 0 Å². The van der Waals surface area contributed by atoms with Gasteiger partial charge in [-0.25, -0.2) is 0 Å². The van der Waals surface area contributed by atoms with Crippen LogP contribution in [0.1, 0.15) is 19.3 Å². The van der Waals surface area contributed by atoms with Crippen LogP contribution >= 0.6 is 0 Å². The summed E-state index contributed by atoms with van der Waals surface area (Å²) in [7, 11) is 0. The van der Waals surface area contributed by atoms with Crippen molar-refractivity contribution in [3.63, 3.8) is 0 Å². The van der Waals surface area contributed by atoms with Gasteiger partial charge in [0.1, 0.15) is 0 Å². The van der Waals surface area contributed by atoms with E-state index in [4.69, 9.17) is 0 Å². The van der Waals surface area contributed by atoms with Gasteiger partial charge in [-0.15, -0.1) is 0 Å². The molecule has 4 atom stereocenters. The minimum atomic E-state index is 0.971. The van der Waals surface area contributed by atoms with Gasteiger partial charge in [-0.3, -0.25) is 0 Å². The fourth-order valence-electron chi connectivity index (χ4n) is 2.81. The monoisotopic (exact) mass is 109 g/mol. The number of piperidine rings is 1. The second-order valence-electron chi connectivity index (χ2n) is 3.53. The summed E-state index contributed by atoms with van der Waals surface area (Å²) in [4.78, 5) is 0. The zero-order chi connectivity index (χ0) is 5.14. The maximum absolute atomic E-state index is 3.57. The molecule has 0 aromatic rings. The molecule has 1 heterocycles. The molecule has 1 aliphatic heterocycles. The Hall–Kier alpha value is -0.0400. The Bertz CT molecular complexity index is 114. The summed E-state index contributed by atoms with van der Waals surface area (Å²) in [5.74, 6) is 2.31. The van der Waals surface area contributed by atoms with Crippen LogP contribution in [0, 0.1) is 11.8 Å².